The van der Waals surface area contributed by atoms with Crippen molar-refractivity contribution in [1.82, 2.24) is 0 Å². The summed E-state index contributed by atoms with van der Waals surface area (Å²) in [6.45, 7) is 0. The van der Waals surface area contributed by atoms with E-state index in [0.29, 0.717) is 12.8 Å². The Kier molecular flexibility index (Phi) is 2.17. The third-order valence-corrected chi connectivity index (χ3v) is 1.84. The first-order chi connectivity index (χ1) is 4.74. The minimum atomic E-state index is -0.809. The predicted molar refractivity (Wildman–Crippen MR) is 34.4 cm³/mol. The van der Waals surface area contributed by atoms with E-state index in [1.165, 1.54) is 0 Å². The molecule has 2 atom stereocenters. The van der Waals surface area contributed by atoms with Crippen LogP contribution in [0.5, 0.6) is 0 Å². The van der Waals surface area contributed by atoms with Crippen molar-refractivity contribution in [3.63, 3.8) is 0 Å². The van der Waals surface area contributed by atoms with Gasteiger partial charge in [-0.25, -0.2) is 0 Å². The van der Waals surface area contributed by atoms with Gasteiger partial charge < -0.3 is 9.90 Å². The maximum atomic E-state index is 10.8. The van der Waals surface area contributed by atoms with Gasteiger partial charge in [0.05, 0.1) is 0 Å². The zero-order valence-electron chi connectivity index (χ0n) is 5.62. The van der Waals surface area contributed by atoms with Gasteiger partial charge in [-0.3, -0.25) is 4.79 Å². The van der Waals surface area contributed by atoms with Crippen LogP contribution in [0.1, 0.15) is 19.3 Å². The number of hydrogen-bond donors (Lipinski definition) is 1. The first kappa shape index (κ1) is 7.41. The van der Waals surface area contributed by atoms with Crippen molar-refractivity contribution in [3.05, 3.63) is 0 Å². The number of aliphatic hydroxyl groups excluding tert-OH is 1. The Morgan fingerprint density at radius 2 is 2.20 bits per heavy atom. The van der Waals surface area contributed by atoms with Crippen molar-refractivity contribution in [1.29, 1.82) is 0 Å². The van der Waals surface area contributed by atoms with Gasteiger partial charge in [-0.15, -0.1) is 0 Å². The Balaban J connectivity index is 2.48. The van der Waals surface area contributed by atoms with E-state index in [1.807, 2.05) is 0 Å². The minimum absolute atomic E-state index is 0.143. The van der Waals surface area contributed by atoms with Gasteiger partial charge in [-0.05, 0) is 12.8 Å². The molecule has 3 nitrogen and oxygen atoms in total. The van der Waals surface area contributed by atoms with Crippen molar-refractivity contribution < 1.29 is 14.7 Å². The summed E-state index contributed by atoms with van der Waals surface area (Å²) in [5, 5.41) is 8.93. The monoisotopic (exact) mass is 142 g/mol. The summed E-state index contributed by atoms with van der Waals surface area (Å²) in [4.78, 5) is 20.9. The smallest absolute Gasteiger partial charge is 0.161 e. The van der Waals surface area contributed by atoms with Crippen LogP contribution in [0.3, 0.4) is 0 Å². The molecule has 0 aliphatic heterocycles. The van der Waals surface area contributed by atoms with E-state index >= 15 is 0 Å². The molecule has 1 aliphatic rings. The van der Waals surface area contributed by atoms with Gasteiger partial charge in [0.1, 0.15) is 12.4 Å². The highest BCUT2D eigenvalue weighted by molar-refractivity contribution is 5.86. The summed E-state index contributed by atoms with van der Waals surface area (Å²) in [5.74, 6) is -0.334. The molecule has 0 amide bonds. The molecule has 0 saturated heterocycles. The maximum absolute atomic E-state index is 10.8. The fourth-order valence-corrected chi connectivity index (χ4v) is 1.15. The number of hydrogen-bond acceptors (Lipinski definition) is 3. The molecule has 3 heteroatoms. The van der Waals surface area contributed by atoms with Crippen LogP contribution >= 0.6 is 0 Å². The standard InChI is InChI=1S/C7H10O3/c8-4-5-1-2-6(9)7(10)3-5/h4-6,9H,1-3H2. The van der Waals surface area contributed by atoms with Crippen molar-refractivity contribution in [2.45, 2.75) is 25.4 Å². The molecule has 0 aromatic carbocycles. The molecule has 1 rings (SSSR count). The molecule has 0 aromatic rings. The summed E-state index contributed by atoms with van der Waals surface area (Å²) in [6, 6.07) is 0. The van der Waals surface area contributed by atoms with Gasteiger partial charge in [-0.2, -0.15) is 0 Å². The molecular weight excluding hydrogens is 132 g/mol. The second kappa shape index (κ2) is 2.92. The molecule has 1 saturated carbocycles. The molecular formula is C7H10O3. The Morgan fingerprint density at radius 3 is 2.70 bits per heavy atom. The average Bonchev–Trinajstić information content (AvgIpc) is 1.95. The number of aliphatic hydroxyl groups is 1. The number of carbonyl (C=O) groups is 2. The normalized spacial score (nSPS) is 33.9. The largest absolute Gasteiger partial charge is 0.385 e. The van der Waals surface area contributed by atoms with Crippen LogP contribution in [-0.4, -0.2) is 23.3 Å². The van der Waals surface area contributed by atoms with Gasteiger partial charge in [0.25, 0.3) is 0 Å². The van der Waals surface area contributed by atoms with Crippen molar-refractivity contribution >= 4 is 12.1 Å². The Labute approximate surface area is 59.0 Å². The second-order valence-corrected chi connectivity index (χ2v) is 2.66. The predicted octanol–water partition coefficient (Wildman–Crippen LogP) is -0.0846. The molecule has 0 radical (unpaired) electrons. The van der Waals surface area contributed by atoms with Crippen LogP contribution in [0.15, 0.2) is 0 Å². The van der Waals surface area contributed by atoms with E-state index in [1.54, 1.807) is 0 Å². The first-order valence-electron chi connectivity index (χ1n) is 3.40. The number of aldehydes is 1. The molecule has 0 heterocycles. The zero-order valence-corrected chi connectivity index (χ0v) is 5.62. The molecule has 2 unspecified atom stereocenters. The van der Waals surface area contributed by atoms with Crippen LogP contribution < -0.4 is 0 Å². The lowest BCUT2D eigenvalue weighted by molar-refractivity contribution is -0.133. The average molecular weight is 142 g/mol. The molecule has 1 fully saturated rings. The Bertz CT molecular complexity index is 153. The lowest BCUT2D eigenvalue weighted by atomic mass is 9.88. The first-order valence-corrected chi connectivity index (χ1v) is 3.40. The highest BCUT2D eigenvalue weighted by Crippen LogP contribution is 2.19. The third-order valence-electron chi connectivity index (χ3n) is 1.84. The lowest BCUT2D eigenvalue weighted by Crippen LogP contribution is -2.29. The third kappa shape index (κ3) is 1.42. The van der Waals surface area contributed by atoms with Gasteiger partial charge in [-0.1, -0.05) is 0 Å². The van der Waals surface area contributed by atoms with Crippen LogP contribution in [-0.2, 0) is 9.59 Å². The molecule has 0 bridgehead atoms. The summed E-state index contributed by atoms with van der Waals surface area (Å²) < 4.78 is 0. The van der Waals surface area contributed by atoms with Crippen LogP contribution in [0.4, 0.5) is 0 Å². The minimum Gasteiger partial charge on any atom is -0.385 e. The lowest BCUT2D eigenvalue weighted by Gasteiger charge is -2.19. The van der Waals surface area contributed by atoms with Crippen LogP contribution in [0, 0.1) is 5.92 Å². The summed E-state index contributed by atoms with van der Waals surface area (Å²) >= 11 is 0. The van der Waals surface area contributed by atoms with Gasteiger partial charge in [0, 0.05) is 12.3 Å². The highest BCUT2D eigenvalue weighted by atomic mass is 16.3. The van der Waals surface area contributed by atoms with Gasteiger partial charge in [0.2, 0.25) is 0 Å². The van der Waals surface area contributed by atoms with E-state index in [9.17, 15) is 9.59 Å². The van der Waals surface area contributed by atoms with Gasteiger partial charge in [0.15, 0.2) is 5.78 Å². The number of ketones is 1. The summed E-state index contributed by atoms with van der Waals surface area (Å²) in [7, 11) is 0. The van der Waals surface area contributed by atoms with E-state index in [0.717, 1.165) is 6.29 Å². The highest BCUT2D eigenvalue weighted by Gasteiger charge is 2.25. The van der Waals surface area contributed by atoms with E-state index in [2.05, 4.69) is 0 Å². The molecule has 0 spiro atoms. The van der Waals surface area contributed by atoms with E-state index in [4.69, 9.17) is 5.11 Å². The molecule has 0 aromatic heterocycles. The van der Waals surface area contributed by atoms with Gasteiger partial charge >= 0.3 is 0 Å². The van der Waals surface area contributed by atoms with Crippen molar-refractivity contribution in [2.75, 3.05) is 0 Å². The Hall–Kier alpha value is -0.700. The fraction of sp³-hybridized carbons (Fsp3) is 0.714. The Morgan fingerprint density at radius 1 is 1.50 bits per heavy atom. The number of carbonyl (C=O) groups excluding carboxylic acids is 2. The summed E-state index contributed by atoms with van der Waals surface area (Å²) in [6.07, 6.45) is 1.31. The SMILES string of the molecule is O=CC1CCC(O)C(=O)C1. The summed E-state index contributed by atoms with van der Waals surface area (Å²) in [5.41, 5.74) is 0. The fourth-order valence-electron chi connectivity index (χ4n) is 1.15. The van der Waals surface area contributed by atoms with Crippen molar-refractivity contribution in [2.24, 2.45) is 5.92 Å². The maximum Gasteiger partial charge on any atom is 0.161 e. The zero-order chi connectivity index (χ0) is 7.56. The molecule has 1 N–H and O–H groups in total. The topological polar surface area (TPSA) is 54.4 Å². The molecule has 1 aliphatic carbocycles. The van der Waals surface area contributed by atoms with Crippen LogP contribution in [0.2, 0.25) is 0 Å². The van der Waals surface area contributed by atoms with E-state index < -0.39 is 6.10 Å². The number of Topliss-reactive ketones (excluding diaryl/α,β-unsaturated/α-hetero) is 1. The van der Waals surface area contributed by atoms with Crippen LogP contribution in [0.25, 0.3) is 0 Å². The van der Waals surface area contributed by atoms with Crippen molar-refractivity contribution in [3.8, 4) is 0 Å². The van der Waals surface area contributed by atoms with E-state index in [-0.39, 0.29) is 18.1 Å². The quantitative estimate of drug-likeness (QED) is 0.521. The number of rotatable bonds is 1. The molecule has 10 heavy (non-hydrogen) atoms. The molecule has 56 valence electrons. The second-order valence-electron chi connectivity index (χ2n) is 2.66.